The molecule has 0 unspecified atom stereocenters. The number of nitrogens with zero attached hydrogens (tertiary/aromatic N) is 5. The predicted octanol–water partition coefficient (Wildman–Crippen LogP) is 2.44. The highest BCUT2D eigenvalue weighted by Crippen LogP contribution is 2.17. The van der Waals surface area contributed by atoms with E-state index < -0.39 is 0 Å². The molecule has 0 radical (unpaired) electrons. The van der Waals surface area contributed by atoms with Gasteiger partial charge < -0.3 is 5.32 Å². The van der Waals surface area contributed by atoms with Gasteiger partial charge in [-0.15, -0.1) is 0 Å². The van der Waals surface area contributed by atoms with E-state index in [1.54, 1.807) is 30.6 Å². The summed E-state index contributed by atoms with van der Waals surface area (Å²) in [6, 6.07) is 10.7. The first-order chi connectivity index (χ1) is 12.3. The molecule has 0 fully saturated rings. The van der Waals surface area contributed by atoms with Gasteiger partial charge in [0.05, 0.1) is 24.5 Å². The molecule has 2 aromatic heterocycles. The van der Waals surface area contributed by atoms with Crippen LogP contribution in [0, 0.1) is 5.82 Å². The summed E-state index contributed by atoms with van der Waals surface area (Å²) in [7, 11) is 0. The van der Waals surface area contributed by atoms with Crippen molar-refractivity contribution >= 4 is 5.95 Å². The number of anilines is 1. The number of aromatic nitrogens is 4. The number of hydrogen-bond acceptors (Lipinski definition) is 5. The lowest BCUT2D eigenvalue weighted by molar-refractivity contribution is 0.205. The Hall–Kier alpha value is -2.80. The molecule has 0 bridgehead atoms. The van der Waals surface area contributed by atoms with E-state index in [9.17, 15) is 4.39 Å². The molecule has 0 aliphatic carbocycles. The summed E-state index contributed by atoms with van der Waals surface area (Å²) < 4.78 is 15.4. The third kappa shape index (κ3) is 3.83. The Morgan fingerprint density at radius 2 is 1.96 bits per heavy atom. The molecular weight excluding hydrogens is 319 g/mol. The van der Waals surface area contributed by atoms with Gasteiger partial charge in [-0.25, -0.2) is 14.4 Å². The van der Waals surface area contributed by atoms with Crippen molar-refractivity contribution in [3.63, 3.8) is 0 Å². The van der Waals surface area contributed by atoms with E-state index in [1.807, 2.05) is 10.7 Å². The summed E-state index contributed by atoms with van der Waals surface area (Å²) >= 11 is 0. The van der Waals surface area contributed by atoms with Crippen molar-refractivity contribution in [2.24, 2.45) is 0 Å². The SMILES string of the molecule is Fc1cccc(CN2CCn3nc(CNc4ncccn4)cc3C2)c1. The molecule has 3 heterocycles. The Bertz CT molecular complexity index is 848. The van der Waals surface area contributed by atoms with E-state index in [-0.39, 0.29) is 5.82 Å². The van der Waals surface area contributed by atoms with Gasteiger partial charge in [-0.1, -0.05) is 12.1 Å². The lowest BCUT2D eigenvalue weighted by atomic mass is 10.2. The van der Waals surface area contributed by atoms with Gasteiger partial charge in [0.1, 0.15) is 5.82 Å². The minimum Gasteiger partial charge on any atom is -0.348 e. The molecule has 0 atom stereocenters. The number of fused-ring (bicyclic) bond motifs is 1. The molecule has 1 aliphatic rings. The van der Waals surface area contributed by atoms with E-state index in [1.165, 1.54) is 11.8 Å². The number of nitrogens with one attached hydrogen (secondary N) is 1. The largest absolute Gasteiger partial charge is 0.348 e. The fraction of sp³-hybridized carbons (Fsp3) is 0.278. The first-order valence-corrected chi connectivity index (χ1v) is 8.29. The van der Waals surface area contributed by atoms with Crippen LogP contribution in [0.3, 0.4) is 0 Å². The van der Waals surface area contributed by atoms with E-state index in [2.05, 4.69) is 31.3 Å². The fourth-order valence-electron chi connectivity index (χ4n) is 3.06. The quantitative estimate of drug-likeness (QED) is 0.774. The summed E-state index contributed by atoms with van der Waals surface area (Å²) in [5, 5.41) is 7.81. The summed E-state index contributed by atoms with van der Waals surface area (Å²) in [5.41, 5.74) is 3.14. The smallest absolute Gasteiger partial charge is 0.222 e. The maximum Gasteiger partial charge on any atom is 0.222 e. The maximum absolute atomic E-state index is 13.3. The molecular formula is C18H19FN6. The highest BCUT2D eigenvalue weighted by atomic mass is 19.1. The summed E-state index contributed by atoms with van der Waals surface area (Å²) in [6.45, 7) is 3.89. The van der Waals surface area contributed by atoms with Crippen molar-refractivity contribution in [2.45, 2.75) is 26.2 Å². The number of hydrogen-bond donors (Lipinski definition) is 1. The molecule has 1 N–H and O–H groups in total. The van der Waals surface area contributed by atoms with Gasteiger partial charge in [-0.2, -0.15) is 5.10 Å². The molecule has 25 heavy (non-hydrogen) atoms. The molecule has 0 amide bonds. The first kappa shape index (κ1) is 15.7. The first-order valence-electron chi connectivity index (χ1n) is 8.29. The predicted molar refractivity (Wildman–Crippen MR) is 92.1 cm³/mol. The van der Waals surface area contributed by atoms with Crippen LogP contribution in [0.25, 0.3) is 0 Å². The van der Waals surface area contributed by atoms with Gasteiger partial charge in [0, 0.05) is 32.0 Å². The topological polar surface area (TPSA) is 58.9 Å². The summed E-state index contributed by atoms with van der Waals surface area (Å²) in [4.78, 5) is 10.6. The van der Waals surface area contributed by atoms with Gasteiger partial charge in [0.15, 0.2) is 0 Å². The molecule has 0 saturated heterocycles. The van der Waals surface area contributed by atoms with E-state index in [4.69, 9.17) is 0 Å². The second-order valence-corrected chi connectivity index (χ2v) is 6.12. The van der Waals surface area contributed by atoms with Crippen molar-refractivity contribution < 1.29 is 4.39 Å². The van der Waals surface area contributed by atoms with Gasteiger partial charge >= 0.3 is 0 Å². The molecule has 7 heteroatoms. The normalized spacial score (nSPS) is 14.3. The Labute approximate surface area is 145 Å². The minimum atomic E-state index is -0.184. The van der Waals surface area contributed by atoms with Crippen molar-refractivity contribution in [3.8, 4) is 0 Å². The highest BCUT2D eigenvalue weighted by molar-refractivity contribution is 5.25. The molecule has 6 nitrogen and oxygen atoms in total. The van der Waals surface area contributed by atoms with Gasteiger partial charge in [-0.3, -0.25) is 9.58 Å². The van der Waals surface area contributed by atoms with Gasteiger partial charge in [0.25, 0.3) is 0 Å². The zero-order valence-electron chi connectivity index (χ0n) is 13.8. The van der Waals surface area contributed by atoms with Crippen LogP contribution >= 0.6 is 0 Å². The minimum absolute atomic E-state index is 0.184. The zero-order chi connectivity index (χ0) is 17.1. The van der Waals surface area contributed by atoms with Crippen molar-refractivity contribution in [2.75, 3.05) is 11.9 Å². The average molecular weight is 338 g/mol. The average Bonchev–Trinajstić information content (AvgIpc) is 3.03. The molecule has 128 valence electrons. The summed E-state index contributed by atoms with van der Waals surface area (Å²) in [5.74, 6) is 0.414. The Morgan fingerprint density at radius 1 is 1.08 bits per heavy atom. The van der Waals surface area contributed by atoms with Crippen LogP contribution in [0.5, 0.6) is 0 Å². The third-order valence-corrected chi connectivity index (χ3v) is 4.22. The summed E-state index contributed by atoms with van der Waals surface area (Å²) in [6.07, 6.45) is 3.41. The van der Waals surface area contributed by atoms with Crippen LogP contribution in [0.4, 0.5) is 10.3 Å². The van der Waals surface area contributed by atoms with E-state index in [0.717, 1.165) is 37.4 Å². The van der Waals surface area contributed by atoms with E-state index >= 15 is 0 Å². The molecule has 1 aliphatic heterocycles. The third-order valence-electron chi connectivity index (χ3n) is 4.22. The van der Waals surface area contributed by atoms with Crippen molar-refractivity contribution in [1.29, 1.82) is 0 Å². The number of rotatable bonds is 5. The van der Waals surface area contributed by atoms with E-state index in [0.29, 0.717) is 12.5 Å². The number of halogens is 1. The maximum atomic E-state index is 13.3. The van der Waals surface area contributed by atoms with Crippen LogP contribution in [0.1, 0.15) is 17.0 Å². The fourth-order valence-corrected chi connectivity index (χ4v) is 3.06. The van der Waals surface area contributed by atoms with Crippen LogP contribution in [-0.4, -0.2) is 31.2 Å². The molecule has 4 rings (SSSR count). The monoisotopic (exact) mass is 338 g/mol. The number of benzene rings is 1. The standard InChI is InChI=1S/C18H19FN6/c19-15-4-1-3-14(9-15)12-24-7-8-25-17(13-24)10-16(23-25)11-22-18-20-5-2-6-21-18/h1-6,9-10H,7-8,11-13H2,(H,20,21,22). The van der Waals surface area contributed by atoms with Crippen molar-refractivity contribution in [1.82, 2.24) is 24.6 Å². The highest BCUT2D eigenvalue weighted by Gasteiger charge is 2.18. The van der Waals surface area contributed by atoms with Crippen LogP contribution in [-0.2, 0) is 26.2 Å². The Kier molecular flexibility index (Phi) is 4.39. The molecule has 1 aromatic carbocycles. The second kappa shape index (κ2) is 6.98. The Balaban J connectivity index is 1.39. The molecule has 0 spiro atoms. The van der Waals surface area contributed by atoms with Crippen LogP contribution in [0.2, 0.25) is 0 Å². The zero-order valence-corrected chi connectivity index (χ0v) is 13.8. The van der Waals surface area contributed by atoms with Gasteiger partial charge in [-0.05, 0) is 29.8 Å². The molecule has 0 saturated carbocycles. The lowest BCUT2D eigenvalue weighted by Crippen LogP contribution is -2.33. The lowest BCUT2D eigenvalue weighted by Gasteiger charge is -2.27. The van der Waals surface area contributed by atoms with Crippen molar-refractivity contribution in [3.05, 3.63) is 71.6 Å². The van der Waals surface area contributed by atoms with Gasteiger partial charge in [0.2, 0.25) is 5.95 Å². The van der Waals surface area contributed by atoms with Crippen LogP contribution < -0.4 is 5.32 Å². The Morgan fingerprint density at radius 3 is 2.80 bits per heavy atom. The second-order valence-electron chi connectivity index (χ2n) is 6.12. The molecule has 3 aromatic rings. The van der Waals surface area contributed by atoms with Crippen LogP contribution in [0.15, 0.2) is 48.8 Å².